The van der Waals surface area contributed by atoms with Crippen molar-refractivity contribution < 1.29 is 4.74 Å². The molecule has 0 aliphatic carbocycles. The molecule has 2 aromatic carbocycles. The zero-order valence-corrected chi connectivity index (χ0v) is 14.0. The Kier molecular flexibility index (Phi) is 5.47. The minimum atomic E-state index is 0. The smallest absolute Gasteiger partial charge is 0.132 e. The second kappa shape index (κ2) is 7.33. The molecule has 1 aliphatic rings. The van der Waals surface area contributed by atoms with Crippen LogP contribution in [0.2, 0.25) is 0 Å². The number of ether oxygens (including phenoxy) is 1. The first-order valence-corrected chi connectivity index (χ1v) is 7.16. The van der Waals surface area contributed by atoms with E-state index in [1.54, 1.807) is 18.9 Å². The van der Waals surface area contributed by atoms with Crippen LogP contribution in [0.3, 0.4) is 0 Å². The van der Waals surface area contributed by atoms with Crippen LogP contribution in [0.5, 0.6) is 5.75 Å². The van der Waals surface area contributed by atoms with E-state index in [4.69, 9.17) is 4.74 Å². The fraction of sp³-hybridized carbons (Fsp3) is 0.0625. The molecule has 21 heavy (non-hydrogen) atoms. The number of nitrogens with zero attached hydrogens (tertiary/aromatic N) is 1. The zero-order valence-electron chi connectivity index (χ0n) is 11.4. The van der Waals surface area contributed by atoms with Gasteiger partial charge in [-0.1, -0.05) is 54.2 Å². The van der Waals surface area contributed by atoms with Crippen molar-refractivity contribution in [2.24, 2.45) is 5.10 Å². The Hall–Kier alpha value is -1.72. The average Bonchev–Trinajstić information content (AvgIpc) is 2.56. The molecule has 1 aliphatic heterocycles. The van der Waals surface area contributed by atoms with E-state index in [9.17, 15) is 0 Å². The Bertz CT molecular complexity index is 671. The molecule has 5 heteroatoms. The highest BCUT2D eigenvalue weighted by molar-refractivity contribution is 8.93. The molecule has 0 atom stereocenters. The van der Waals surface area contributed by atoms with Crippen LogP contribution in [0.15, 0.2) is 65.1 Å². The lowest BCUT2D eigenvalue weighted by Crippen LogP contribution is -2.13. The second-order valence-electron chi connectivity index (χ2n) is 4.24. The van der Waals surface area contributed by atoms with Gasteiger partial charge in [0.15, 0.2) is 0 Å². The van der Waals surface area contributed by atoms with Crippen LogP contribution in [0.25, 0.3) is 5.70 Å². The Morgan fingerprint density at radius 2 is 1.71 bits per heavy atom. The van der Waals surface area contributed by atoms with E-state index in [-0.39, 0.29) is 17.0 Å². The first-order valence-electron chi connectivity index (χ1n) is 6.28. The Balaban J connectivity index is 0.00000161. The molecule has 2 aromatic rings. The summed E-state index contributed by atoms with van der Waals surface area (Å²) in [6, 6.07) is 18.0. The summed E-state index contributed by atoms with van der Waals surface area (Å²) in [5.74, 6) is 0.831. The van der Waals surface area contributed by atoms with Gasteiger partial charge in [0.05, 0.1) is 18.4 Å². The van der Waals surface area contributed by atoms with Crippen LogP contribution < -0.4 is 10.2 Å². The van der Waals surface area contributed by atoms with Crippen LogP contribution in [-0.4, -0.2) is 12.2 Å². The van der Waals surface area contributed by atoms with Crippen LogP contribution in [-0.2, 0) is 0 Å². The Morgan fingerprint density at radius 1 is 1.00 bits per heavy atom. The molecule has 0 bridgehead atoms. The molecule has 0 fully saturated rings. The maximum atomic E-state index is 5.37. The summed E-state index contributed by atoms with van der Waals surface area (Å²) < 4.78 is 5.37. The molecule has 0 radical (unpaired) electrons. The first kappa shape index (κ1) is 15.7. The summed E-state index contributed by atoms with van der Waals surface area (Å²) >= 11 is 1.59. The molecule has 0 unspecified atom stereocenters. The highest BCUT2D eigenvalue weighted by Crippen LogP contribution is 2.28. The molecule has 0 spiro atoms. The van der Waals surface area contributed by atoms with Crippen LogP contribution in [0.4, 0.5) is 0 Å². The summed E-state index contributed by atoms with van der Waals surface area (Å²) in [7, 11) is 1.67. The molecule has 3 rings (SSSR count). The van der Waals surface area contributed by atoms with Gasteiger partial charge in [0.1, 0.15) is 10.8 Å². The SMILES string of the molecule is Br.COc1ccccc1C1=NNC(c2ccccc2)=CS1. The van der Waals surface area contributed by atoms with Crippen LogP contribution in [0, 0.1) is 0 Å². The molecular formula is C16H15BrN2OS. The van der Waals surface area contributed by atoms with Gasteiger partial charge in [-0.05, 0) is 12.1 Å². The van der Waals surface area contributed by atoms with Gasteiger partial charge in [0, 0.05) is 11.0 Å². The lowest BCUT2D eigenvalue weighted by atomic mass is 10.2. The molecule has 0 aromatic heterocycles. The van der Waals surface area contributed by atoms with Gasteiger partial charge in [0.2, 0.25) is 0 Å². The molecule has 0 saturated carbocycles. The summed E-state index contributed by atoms with van der Waals surface area (Å²) in [5, 5.41) is 7.43. The molecule has 1 heterocycles. The van der Waals surface area contributed by atoms with Gasteiger partial charge < -0.3 is 4.74 Å². The number of hydrazone groups is 1. The maximum Gasteiger partial charge on any atom is 0.132 e. The minimum absolute atomic E-state index is 0. The predicted octanol–water partition coefficient (Wildman–Crippen LogP) is 4.27. The molecule has 108 valence electrons. The van der Waals surface area contributed by atoms with Gasteiger partial charge in [-0.3, -0.25) is 5.43 Å². The largest absolute Gasteiger partial charge is 0.496 e. The van der Waals surface area contributed by atoms with Gasteiger partial charge in [-0.15, -0.1) is 17.0 Å². The topological polar surface area (TPSA) is 33.6 Å². The number of halogens is 1. The number of methoxy groups -OCH3 is 1. The number of hydrogen-bond acceptors (Lipinski definition) is 4. The third kappa shape index (κ3) is 3.49. The highest BCUT2D eigenvalue weighted by Gasteiger charge is 2.14. The van der Waals surface area contributed by atoms with Gasteiger partial charge in [-0.2, -0.15) is 5.10 Å². The summed E-state index contributed by atoms with van der Waals surface area (Å²) in [6.07, 6.45) is 0. The Labute approximate surface area is 138 Å². The van der Waals surface area contributed by atoms with Crippen molar-refractivity contribution in [1.29, 1.82) is 0 Å². The van der Waals surface area contributed by atoms with Gasteiger partial charge >= 0.3 is 0 Å². The van der Waals surface area contributed by atoms with E-state index in [1.807, 2.05) is 42.5 Å². The van der Waals surface area contributed by atoms with Crippen molar-refractivity contribution in [2.45, 2.75) is 0 Å². The maximum absolute atomic E-state index is 5.37. The number of benzene rings is 2. The van der Waals surface area contributed by atoms with E-state index in [0.717, 1.165) is 27.6 Å². The van der Waals surface area contributed by atoms with E-state index >= 15 is 0 Å². The van der Waals surface area contributed by atoms with Crippen molar-refractivity contribution in [3.05, 3.63) is 71.1 Å². The number of rotatable bonds is 3. The monoisotopic (exact) mass is 362 g/mol. The number of para-hydroxylation sites is 1. The van der Waals surface area contributed by atoms with Crippen molar-refractivity contribution >= 4 is 39.5 Å². The quantitative estimate of drug-likeness (QED) is 0.884. The molecular weight excluding hydrogens is 348 g/mol. The first-order chi connectivity index (χ1) is 9.88. The van der Waals surface area contributed by atoms with E-state index in [2.05, 4.69) is 28.1 Å². The van der Waals surface area contributed by atoms with Crippen molar-refractivity contribution in [3.8, 4) is 5.75 Å². The minimum Gasteiger partial charge on any atom is -0.496 e. The normalized spacial score (nSPS) is 13.4. The van der Waals surface area contributed by atoms with Crippen molar-refractivity contribution in [1.82, 2.24) is 5.43 Å². The number of hydrogen-bond donors (Lipinski definition) is 1. The van der Waals surface area contributed by atoms with Gasteiger partial charge in [-0.25, -0.2) is 0 Å². The van der Waals surface area contributed by atoms with Crippen LogP contribution >= 0.6 is 28.7 Å². The van der Waals surface area contributed by atoms with Crippen LogP contribution in [0.1, 0.15) is 11.1 Å². The van der Waals surface area contributed by atoms with E-state index in [0.29, 0.717) is 0 Å². The Morgan fingerprint density at radius 3 is 2.38 bits per heavy atom. The van der Waals surface area contributed by atoms with Crippen molar-refractivity contribution in [3.63, 3.8) is 0 Å². The summed E-state index contributed by atoms with van der Waals surface area (Å²) in [5.41, 5.74) is 6.24. The third-order valence-corrected chi connectivity index (χ3v) is 3.88. The summed E-state index contributed by atoms with van der Waals surface area (Å²) in [4.78, 5) is 0. The lowest BCUT2D eigenvalue weighted by molar-refractivity contribution is 0.414. The number of thioether (sulfide) groups is 1. The third-order valence-electron chi connectivity index (χ3n) is 2.99. The summed E-state index contributed by atoms with van der Waals surface area (Å²) in [6.45, 7) is 0. The molecule has 1 N–H and O–H groups in total. The van der Waals surface area contributed by atoms with Gasteiger partial charge in [0.25, 0.3) is 0 Å². The standard InChI is InChI=1S/C16H14N2OS.BrH/c1-19-15-10-6-5-9-13(15)16-18-17-14(11-20-16)12-7-3-2-4-8-12;/h2-11,17H,1H3;1H. The highest BCUT2D eigenvalue weighted by atomic mass is 79.9. The second-order valence-corrected chi connectivity index (χ2v) is 5.10. The number of nitrogens with one attached hydrogen (secondary N) is 1. The van der Waals surface area contributed by atoms with E-state index < -0.39 is 0 Å². The lowest BCUT2D eigenvalue weighted by Gasteiger charge is -2.16. The molecule has 0 saturated heterocycles. The zero-order chi connectivity index (χ0) is 13.8. The molecule has 0 amide bonds. The van der Waals surface area contributed by atoms with Crippen molar-refractivity contribution in [2.75, 3.05) is 7.11 Å². The van der Waals surface area contributed by atoms with E-state index in [1.165, 1.54) is 0 Å². The fourth-order valence-electron chi connectivity index (χ4n) is 1.97. The molecule has 3 nitrogen and oxygen atoms in total. The average molecular weight is 363 g/mol. The predicted molar refractivity (Wildman–Crippen MR) is 95.0 cm³/mol. The fourth-order valence-corrected chi connectivity index (χ4v) is 2.79.